The first-order chi connectivity index (χ1) is 15.0. The molecule has 5 rings (SSSR count). The fraction of sp³-hybridized carbons (Fsp3) is 0.217. The van der Waals surface area contributed by atoms with E-state index in [9.17, 15) is 4.79 Å². The number of nitrogens with two attached hydrogens (primary N) is 1. The molecule has 2 aromatic carbocycles. The second kappa shape index (κ2) is 7.09. The molecule has 1 aliphatic heterocycles. The van der Waals surface area contributed by atoms with Crippen LogP contribution in [-0.2, 0) is 6.42 Å². The molecule has 0 saturated carbocycles. The molecule has 0 saturated heterocycles. The third-order valence-electron chi connectivity index (χ3n) is 5.69. The van der Waals surface area contributed by atoms with Gasteiger partial charge in [-0.25, -0.2) is 4.68 Å². The van der Waals surface area contributed by atoms with E-state index in [1.54, 1.807) is 11.8 Å². The van der Waals surface area contributed by atoms with E-state index < -0.39 is 0 Å². The van der Waals surface area contributed by atoms with Crippen molar-refractivity contribution in [1.82, 2.24) is 14.8 Å². The van der Waals surface area contributed by atoms with Gasteiger partial charge in [-0.3, -0.25) is 4.79 Å². The minimum Gasteiger partial charge on any atom is -0.496 e. The van der Waals surface area contributed by atoms with E-state index in [0.29, 0.717) is 17.1 Å². The molecule has 158 valence electrons. The first-order valence-corrected chi connectivity index (χ1v) is 10.2. The fourth-order valence-electron chi connectivity index (χ4n) is 4.09. The number of benzene rings is 2. The maximum absolute atomic E-state index is 13.2. The predicted molar refractivity (Wildman–Crippen MR) is 122 cm³/mol. The standard InChI is InChI=1S/C23H24N6O2/c1-4-13-7-14-8-20(28-18(14)10-21(13)31-3)22(30)16-11-25-29(23(16)24)15-5-6-17-19(9-15)27-12(2)26-17/h5-12,26-28H,4,24H2,1-3H3. The number of carbonyl (C=O) groups is 1. The van der Waals surface area contributed by atoms with Crippen LogP contribution in [0.25, 0.3) is 16.6 Å². The number of nitrogen functional groups attached to an aromatic ring is 1. The highest BCUT2D eigenvalue weighted by Gasteiger charge is 2.22. The molecule has 0 radical (unpaired) electrons. The summed E-state index contributed by atoms with van der Waals surface area (Å²) in [6.07, 6.45) is 2.52. The van der Waals surface area contributed by atoms with Crippen molar-refractivity contribution in [2.24, 2.45) is 0 Å². The zero-order chi connectivity index (χ0) is 21.7. The van der Waals surface area contributed by atoms with Gasteiger partial charge in [0.2, 0.25) is 5.78 Å². The van der Waals surface area contributed by atoms with Gasteiger partial charge < -0.3 is 26.1 Å². The van der Waals surface area contributed by atoms with E-state index in [2.05, 4.69) is 27.6 Å². The molecule has 2 aromatic heterocycles. The van der Waals surface area contributed by atoms with Crippen molar-refractivity contribution in [2.75, 3.05) is 23.5 Å². The van der Waals surface area contributed by atoms with Crippen LogP contribution in [0, 0.1) is 0 Å². The first-order valence-electron chi connectivity index (χ1n) is 10.2. The van der Waals surface area contributed by atoms with Crippen LogP contribution in [-0.4, -0.2) is 33.8 Å². The Hall–Kier alpha value is -3.94. The summed E-state index contributed by atoms with van der Waals surface area (Å²) >= 11 is 0. The van der Waals surface area contributed by atoms with E-state index in [-0.39, 0.29) is 11.9 Å². The number of anilines is 3. The number of fused-ring (bicyclic) bond motifs is 2. The number of ketones is 1. The molecule has 3 heterocycles. The van der Waals surface area contributed by atoms with E-state index in [1.807, 2.05) is 43.3 Å². The Morgan fingerprint density at radius 3 is 2.77 bits per heavy atom. The molecule has 4 aromatic rings. The minimum atomic E-state index is -0.202. The van der Waals surface area contributed by atoms with Gasteiger partial charge in [-0.1, -0.05) is 6.92 Å². The lowest BCUT2D eigenvalue weighted by molar-refractivity contribution is 0.103. The Morgan fingerprint density at radius 1 is 1.19 bits per heavy atom. The number of aryl methyl sites for hydroxylation is 1. The van der Waals surface area contributed by atoms with Gasteiger partial charge in [0, 0.05) is 17.0 Å². The smallest absolute Gasteiger partial charge is 0.214 e. The van der Waals surface area contributed by atoms with Crippen LogP contribution < -0.4 is 21.1 Å². The highest BCUT2D eigenvalue weighted by molar-refractivity contribution is 6.12. The lowest BCUT2D eigenvalue weighted by Gasteiger charge is -2.07. The molecule has 0 amide bonds. The van der Waals surface area contributed by atoms with Gasteiger partial charge in [0.1, 0.15) is 11.6 Å². The summed E-state index contributed by atoms with van der Waals surface area (Å²) in [5, 5.41) is 12.0. The van der Waals surface area contributed by atoms with E-state index in [0.717, 1.165) is 45.7 Å². The van der Waals surface area contributed by atoms with Crippen molar-refractivity contribution in [1.29, 1.82) is 0 Å². The Balaban J connectivity index is 1.50. The number of H-pyrrole nitrogens is 1. The molecular weight excluding hydrogens is 392 g/mol. The number of aromatic amines is 1. The molecule has 1 aliphatic rings. The number of ether oxygens (including phenoxy) is 1. The van der Waals surface area contributed by atoms with Crippen molar-refractivity contribution in [3.8, 4) is 11.4 Å². The zero-order valence-corrected chi connectivity index (χ0v) is 17.6. The highest BCUT2D eigenvalue weighted by Crippen LogP contribution is 2.32. The highest BCUT2D eigenvalue weighted by atomic mass is 16.5. The van der Waals surface area contributed by atoms with Crippen LogP contribution in [0.15, 0.2) is 42.6 Å². The van der Waals surface area contributed by atoms with Gasteiger partial charge >= 0.3 is 0 Å². The quantitative estimate of drug-likeness (QED) is 0.367. The lowest BCUT2D eigenvalue weighted by atomic mass is 10.1. The van der Waals surface area contributed by atoms with Crippen LogP contribution in [0.4, 0.5) is 17.2 Å². The van der Waals surface area contributed by atoms with E-state index in [4.69, 9.17) is 10.5 Å². The monoisotopic (exact) mass is 416 g/mol. The molecule has 1 unspecified atom stereocenters. The van der Waals surface area contributed by atoms with Gasteiger partial charge in [-0.15, -0.1) is 0 Å². The lowest BCUT2D eigenvalue weighted by Crippen LogP contribution is -2.16. The SMILES string of the molecule is CCc1cc2cc(C(=O)c3cnn(-c4ccc5c(c4)NC(C)N5)c3N)[nH]c2cc1OC. The number of hydrogen-bond donors (Lipinski definition) is 4. The third kappa shape index (κ3) is 3.07. The molecule has 8 nitrogen and oxygen atoms in total. The molecule has 1 atom stereocenters. The zero-order valence-electron chi connectivity index (χ0n) is 17.6. The van der Waals surface area contributed by atoms with Crippen molar-refractivity contribution < 1.29 is 9.53 Å². The van der Waals surface area contributed by atoms with Crippen LogP contribution in [0.1, 0.15) is 35.5 Å². The molecule has 0 fully saturated rings. The molecule has 5 N–H and O–H groups in total. The average Bonchev–Trinajstić information content (AvgIpc) is 3.46. The summed E-state index contributed by atoms with van der Waals surface area (Å²) in [5.41, 5.74) is 11.9. The summed E-state index contributed by atoms with van der Waals surface area (Å²) in [5.74, 6) is 0.901. The summed E-state index contributed by atoms with van der Waals surface area (Å²) in [6.45, 7) is 4.11. The van der Waals surface area contributed by atoms with Gasteiger partial charge in [-0.2, -0.15) is 5.10 Å². The number of nitrogens with one attached hydrogen (secondary N) is 3. The normalized spacial score (nSPS) is 14.9. The minimum absolute atomic E-state index is 0.159. The predicted octanol–water partition coefficient (Wildman–Crippen LogP) is 3.92. The summed E-state index contributed by atoms with van der Waals surface area (Å²) in [6, 6.07) is 11.7. The molecule has 31 heavy (non-hydrogen) atoms. The van der Waals surface area contributed by atoms with Gasteiger partial charge in [0.05, 0.1) is 47.8 Å². The topological polar surface area (TPSA) is 110 Å². The van der Waals surface area contributed by atoms with Crippen LogP contribution in [0.2, 0.25) is 0 Å². The first kappa shape index (κ1) is 19.0. The number of rotatable bonds is 5. The molecular formula is C23H24N6O2. The maximum Gasteiger partial charge on any atom is 0.214 e. The summed E-state index contributed by atoms with van der Waals surface area (Å²) < 4.78 is 7.04. The van der Waals surface area contributed by atoms with Crippen molar-refractivity contribution >= 4 is 33.9 Å². The molecule has 0 bridgehead atoms. The Morgan fingerprint density at radius 2 is 2.00 bits per heavy atom. The number of hydrogen-bond acceptors (Lipinski definition) is 6. The van der Waals surface area contributed by atoms with Gasteiger partial charge in [-0.05, 0) is 49.2 Å². The van der Waals surface area contributed by atoms with E-state index in [1.165, 1.54) is 6.20 Å². The third-order valence-corrected chi connectivity index (χ3v) is 5.69. The molecule has 0 aliphatic carbocycles. The second-order valence-electron chi connectivity index (χ2n) is 7.71. The summed E-state index contributed by atoms with van der Waals surface area (Å²) in [4.78, 5) is 16.4. The molecule has 8 heteroatoms. The van der Waals surface area contributed by atoms with Crippen molar-refractivity contribution in [2.45, 2.75) is 26.4 Å². The Labute approximate surface area is 179 Å². The number of aromatic nitrogens is 3. The Bertz CT molecular complexity index is 1280. The molecule has 0 spiro atoms. The van der Waals surface area contributed by atoms with Crippen LogP contribution in [0.3, 0.4) is 0 Å². The van der Waals surface area contributed by atoms with Crippen molar-refractivity contribution in [3.05, 3.63) is 59.4 Å². The fourth-order valence-corrected chi connectivity index (χ4v) is 4.09. The van der Waals surface area contributed by atoms with Crippen LogP contribution in [0.5, 0.6) is 5.75 Å². The average molecular weight is 416 g/mol. The van der Waals surface area contributed by atoms with Crippen molar-refractivity contribution in [3.63, 3.8) is 0 Å². The maximum atomic E-state index is 13.2. The van der Waals surface area contributed by atoms with Gasteiger partial charge in [0.15, 0.2) is 0 Å². The number of methoxy groups -OCH3 is 1. The van der Waals surface area contributed by atoms with Crippen LogP contribution >= 0.6 is 0 Å². The summed E-state index contributed by atoms with van der Waals surface area (Å²) in [7, 11) is 1.65. The van der Waals surface area contributed by atoms with Gasteiger partial charge in [0.25, 0.3) is 0 Å². The number of nitrogens with zero attached hydrogens (tertiary/aromatic N) is 2. The van der Waals surface area contributed by atoms with E-state index >= 15 is 0 Å². The largest absolute Gasteiger partial charge is 0.496 e. The Kier molecular flexibility index (Phi) is 4.35. The number of carbonyl (C=O) groups excluding carboxylic acids is 1. The second-order valence-corrected chi connectivity index (χ2v) is 7.71.